The van der Waals surface area contributed by atoms with Crippen molar-refractivity contribution in [1.29, 1.82) is 5.41 Å². The number of hydrogen-bond donors (Lipinski definition) is 2. The Hall–Kier alpha value is -3.68. The highest BCUT2D eigenvalue weighted by Crippen LogP contribution is 2.32. The summed E-state index contributed by atoms with van der Waals surface area (Å²) < 4.78 is 9.45. The second kappa shape index (κ2) is 9.76. The van der Waals surface area contributed by atoms with Gasteiger partial charge in [-0.1, -0.05) is 36.4 Å². The van der Waals surface area contributed by atoms with Crippen molar-refractivity contribution < 1.29 is 4.74 Å². The second-order valence-corrected chi connectivity index (χ2v) is 9.75. The van der Waals surface area contributed by atoms with E-state index in [4.69, 9.17) is 10.1 Å². The van der Waals surface area contributed by atoms with Gasteiger partial charge < -0.3 is 14.6 Å². The number of pyridine rings is 1. The van der Waals surface area contributed by atoms with Crippen molar-refractivity contribution in [3.05, 3.63) is 94.0 Å². The fourth-order valence-electron chi connectivity index (χ4n) is 5.62. The molecule has 184 valence electrons. The van der Waals surface area contributed by atoms with E-state index in [2.05, 4.69) is 16.3 Å². The van der Waals surface area contributed by atoms with Crippen molar-refractivity contribution in [3.63, 3.8) is 0 Å². The van der Waals surface area contributed by atoms with E-state index < -0.39 is 0 Å². The predicted molar refractivity (Wildman–Crippen MR) is 142 cm³/mol. The third-order valence-electron chi connectivity index (χ3n) is 7.44. The first-order valence-electron chi connectivity index (χ1n) is 12.7. The number of nitrogens with one attached hydrogen (secondary N) is 2. The zero-order valence-electron chi connectivity index (χ0n) is 20.3. The van der Waals surface area contributed by atoms with E-state index in [9.17, 15) is 4.79 Å². The first kappa shape index (κ1) is 22.8. The molecule has 1 atom stereocenters. The van der Waals surface area contributed by atoms with Crippen LogP contribution in [0.4, 0.5) is 0 Å². The maximum absolute atomic E-state index is 13.0. The number of fused-ring (bicyclic) bond motifs is 3. The van der Waals surface area contributed by atoms with Crippen LogP contribution in [0.1, 0.15) is 29.7 Å². The third kappa shape index (κ3) is 4.36. The van der Waals surface area contributed by atoms with Gasteiger partial charge in [-0.2, -0.15) is 0 Å². The van der Waals surface area contributed by atoms with Gasteiger partial charge in [0.25, 0.3) is 5.56 Å². The van der Waals surface area contributed by atoms with E-state index in [1.807, 2.05) is 53.1 Å². The molecule has 7 nitrogen and oxygen atoms in total. The smallest absolute Gasteiger partial charge is 0.258 e. The van der Waals surface area contributed by atoms with Gasteiger partial charge in [-0.3, -0.25) is 19.7 Å². The van der Waals surface area contributed by atoms with Crippen molar-refractivity contribution >= 4 is 17.2 Å². The summed E-state index contributed by atoms with van der Waals surface area (Å²) in [5.74, 6) is 0.552. The number of nitrogens with zero attached hydrogens (tertiary/aromatic N) is 3. The number of benzene rings is 2. The van der Waals surface area contributed by atoms with Crippen LogP contribution in [0.5, 0.6) is 5.75 Å². The van der Waals surface area contributed by atoms with Gasteiger partial charge in [0.15, 0.2) is 0 Å². The molecule has 2 aromatic heterocycles. The molecular formula is C29H31N5O2. The molecule has 0 amide bonds. The van der Waals surface area contributed by atoms with Crippen LogP contribution in [-0.2, 0) is 19.6 Å². The summed E-state index contributed by atoms with van der Waals surface area (Å²) in [5, 5.41) is 12.9. The van der Waals surface area contributed by atoms with Crippen molar-refractivity contribution in [2.75, 3.05) is 19.6 Å². The Labute approximate surface area is 210 Å². The fourth-order valence-corrected chi connectivity index (χ4v) is 5.62. The fraction of sp³-hybridized carbons (Fsp3) is 0.310. The third-order valence-corrected chi connectivity index (χ3v) is 7.44. The zero-order chi connectivity index (χ0) is 24.5. The van der Waals surface area contributed by atoms with Gasteiger partial charge in [0.05, 0.1) is 17.5 Å². The highest BCUT2D eigenvalue weighted by Gasteiger charge is 2.26. The Balaban J connectivity index is 1.26. The average Bonchev–Trinajstić information content (AvgIpc) is 3.53. The molecule has 1 saturated heterocycles. The number of aromatic nitrogens is 2. The molecule has 2 N–H and O–H groups in total. The Morgan fingerprint density at radius 2 is 2.00 bits per heavy atom. The van der Waals surface area contributed by atoms with E-state index in [1.165, 1.54) is 36.5 Å². The van der Waals surface area contributed by atoms with Gasteiger partial charge in [-0.05, 0) is 48.7 Å². The Bertz CT molecular complexity index is 1450. The molecule has 0 spiro atoms. The highest BCUT2D eigenvalue weighted by atomic mass is 16.5. The van der Waals surface area contributed by atoms with Crippen LogP contribution in [0.25, 0.3) is 16.6 Å². The predicted octanol–water partition coefficient (Wildman–Crippen LogP) is 3.94. The maximum Gasteiger partial charge on any atom is 0.258 e. The molecule has 0 aliphatic carbocycles. The molecule has 4 heterocycles. The number of rotatable bonds is 7. The van der Waals surface area contributed by atoms with Gasteiger partial charge in [-0.15, -0.1) is 0 Å². The van der Waals surface area contributed by atoms with Gasteiger partial charge in [0.1, 0.15) is 12.4 Å². The molecule has 6 rings (SSSR count). The van der Waals surface area contributed by atoms with Gasteiger partial charge >= 0.3 is 0 Å². The van der Waals surface area contributed by atoms with E-state index >= 15 is 0 Å². The quantitative estimate of drug-likeness (QED) is 0.310. The minimum atomic E-state index is -0.145. The molecule has 2 aliphatic heterocycles. The molecule has 4 aromatic rings. The average molecular weight is 482 g/mol. The summed E-state index contributed by atoms with van der Waals surface area (Å²) in [4.78, 5) is 15.5. The number of ether oxygens (including phenoxy) is 1. The summed E-state index contributed by atoms with van der Waals surface area (Å²) in [6.45, 7) is 4.52. The molecule has 0 unspecified atom stereocenters. The summed E-state index contributed by atoms with van der Waals surface area (Å²) >= 11 is 0. The van der Waals surface area contributed by atoms with Gasteiger partial charge in [-0.25, -0.2) is 0 Å². The molecule has 2 aliphatic rings. The molecular weight excluding hydrogens is 450 g/mol. The van der Waals surface area contributed by atoms with E-state index in [0.29, 0.717) is 18.4 Å². The summed E-state index contributed by atoms with van der Waals surface area (Å²) in [6.07, 6.45) is 6.61. The van der Waals surface area contributed by atoms with E-state index in [-0.39, 0.29) is 5.56 Å². The van der Waals surface area contributed by atoms with Crippen LogP contribution < -0.4 is 15.6 Å². The summed E-state index contributed by atoms with van der Waals surface area (Å²) in [5.41, 5.74) is 5.19. The molecule has 36 heavy (non-hydrogen) atoms. The Kier molecular flexibility index (Phi) is 6.17. The van der Waals surface area contributed by atoms with Crippen molar-refractivity contribution in [1.82, 2.24) is 19.4 Å². The highest BCUT2D eigenvalue weighted by molar-refractivity contribution is 5.92. The SMILES string of the molecule is N=Cn1c2c(c3ccc(-n4ccc(OCc5ccccc5)cc4=O)cc31)CN(C[C@@H]1CCCN1)CC2. The summed E-state index contributed by atoms with van der Waals surface area (Å²) in [7, 11) is 0. The Morgan fingerprint density at radius 3 is 2.78 bits per heavy atom. The molecule has 7 heteroatoms. The molecule has 0 saturated carbocycles. The topological polar surface area (TPSA) is 75.3 Å². The van der Waals surface area contributed by atoms with Crippen LogP contribution in [0.15, 0.2) is 71.7 Å². The Morgan fingerprint density at radius 1 is 1.11 bits per heavy atom. The largest absolute Gasteiger partial charge is 0.489 e. The summed E-state index contributed by atoms with van der Waals surface area (Å²) in [6, 6.07) is 20.0. The van der Waals surface area contributed by atoms with E-state index in [0.717, 1.165) is 54.8 Å². The van der Waals surface area contributed by atoms with Crippen molar-refractivity contribution in [2.45, 2.75) is 38.5 Å². The van der Waals surface area contributed by atoms with Crippen molar-refractivity contribution in [2.24, 2.45) is 0 Å². The first-order chi connectivity index (χ1) is 17.7. The standard InChI is InChI=1S/C29H31N5O2/c30-20-34-27-11-13-32(17-22-7-4-12-31-22)18-26(27)25-9-8-23(15-28(25)34)33-14-10-24(16-29(33)35)36-19-21-5-2-1-3-6-21/h1-3,5-6,8-10,14-16,20,22,30-31H,4,7,11-13,17-19H2/t22-/m0/s1. The lowest BCUT2D eigenvalue weighted by molar-refractivity contribution is 0.231. The zero-order valence-corrected chi connectivity index (χ0v) is 20.3. The van der Waals surface area contributed by atoms with Crippen LogP contribution in [-0.4, -0.2) is 46.0 Å². The lowest BCUT2D eigenvalue weighted by Crippen LogP contribution is -2.40. The van der Waals surface area contributed by atoms with Crippen LogP contribution in [0.2, 0.25) is 0 Å². The van der Waals surface area contributed by atoms with Crippen LogP contribution >= 0.6 is 0 Å². The molecule has 0 radical (unpaired) electrons. The first-order valence-corrected chi connectivity index (χ1v) is 12.7. The number of hydrogen-bond acceptors (Lipinski definition) is 5. The van der Waals surface area contributed by atoms with E-state index in [1.54, 1.807) is 10.8 Å². The van der Waals surface area contributed by atoms with Gasteiger partial charge in [0, 0.05) is 55.4 Å². The van der Waals surface area contributed by atoms with Crippen LogP contribution in [0, 0.1) is 5.41 Å². The minimum absolute atomic E-state index is 0.145. The minimum Gasteiger partial charge on any atom is -0.489 e. The second-order valence-electron chi connectivity index (χ2n) is 9.75. The van der Waals surface area contributed by atoms with Crippen molar-refractivity contribution in [3.8, 4) is 11.4 Å². The monoisotopic (exact) mass is 481 g/mol. The van der Waals surface area contributed by atoms with Crippen LogP contribution in [0.3, 0.4) is 0 Å². The molecule has 2 aromatic carbocycles. The maximum atomic E-state index is 13.0. The normalized spacial score (nSPS) is 17.8. The van der Waals surface area contributed by atoms with Gasteiger partial charge in [0.2, 0.25) is 0 Å². The molecule has 0 bridgehead atoms. The molecule has 1 fully saturated rings. The lowest BCUT2D eigenvalue weighted by Gasteiger charge is -2.30. The lowest BCUT2D eigenvalue weighted by atomic mass is 10.0.